The van der Waals surface area contributed by atoms with Gasteiger partial charge in [0.2, 0.25) is 0 Å². The van der Waals surface area contributed by atoms with Gasteiger partial charge in [-0.3, -0.25) is 14.4 Å². The molecule has 9 N–H and O–H groups in total. The number of phenolic OH excluding ortho intramolecular Hbond substituents is 2. The van der Waals surface area contributed by atoms with Gasteiger partial charge < -0.3 is 90.9 Å². The van der Waals surface area contributed by atoms with Crippen LogP contribution in [0.2, 0.25) is 0 Å². The van der Waals surface area contributed by atoms with Gasteiger partial charge in [0.05, 0.1) is 55.3 Å². The summed E-state index contributed by atoms with van der Waals surface area (Å²) in [6.45, 7) is 16.6. The summed E-state index contributed by atoms with van der Waals surface area (Å²) in [5, 5.41) is 38.2. The Hall–Kier alpha value is -11.7. The Morgan fingerprint density at radius 2 is 1.02 bits per heavy atom. The Morgan fingerprint density at radius 3 is 1.44 bits per heavy atom. The molecule has 4 aromatic heterocycles. The second kappa shape index (κ2) is 38.1. The first-order chi connectivity index (χ1) is 50.4. The van der Waals surface area contributed by atoms with Crippen molar-refractivity contribution in [1.82, 2.24) is 25.5 Å². The van der Waals surface area contributed by atoms with E-state index in [1.54, 1.807) is 129 Å². The highest BCUT2D eigenvalue weighted by molar-refractivity contribution is 6.00. The van der Waals surface area contributed by atoms with Crippen LogP contribution in [-0.4, -0.2) is 135 Å². The average molecular weight is 1510 g/mol. The fourth-order valence-corrected chi connectivity index (χ4v) is 11.8. The normalized spacial score (nSPS) is 13.1. The van der Waals surface area contributed by atoms with E-state index in [4.69, 9.17) is 37.2 Å². The Balaban J connectivity index is 0.000000236. The van der Waals surface area contributed by atoms with Crippen molar-refractivity contribution in [3.8, 4) is 22.9 Å². The van der Waals surface area contributed by atoms with Crippen molar-refractivity contribution in [3.05, 3.63) is 193 Å². The van der Waals surface area contributed by atoms with E-state index < -0.39 is 88.6 Å². The number of amides is 3. The lowest BCUT2D eigenvalue weighted by Gasteiger charge is -2.25. The number of aliphatic carboxylic acids is 1. The summed E-state index contributed by atoms with van der Waals surface area (Å²) in [4.78, 5) is 135. The van der Waals surface area contributed by atoms with Crippen molar-refractivity contribution < 1.29 is 114 Å². The molecule has 576 valence electrons. The number of halogens is 1. The number of carboxylic acids is 1. The monoisotopic (exact) mass is 1510 g/mol. The molecular formula is C79H91ClN6O22. The number of Topliss-reactive ketones (excluding diaryl/α,β-unsaturated/α-hetero) is 2. The zero-order chi connectivity index (χ0) is 78.8. The van der Waals surface area contributed by atoms with Crippen LogP contribution >= 0.6 is 0 Å². The van der Waals surface area contributed by atoms with Gasteiger partial charge in [0.25, 0.3) is 5.91 Å². The second-order valence-corrected chi connectivity index (χ2v) is 27.6. The maximum absolute atomic E-state index is 13.2. The quantitative estimate of drug-likeness (QED) is 0.0168. The summed E-state index contributed by atoms with van der Waals surface area (Å²) in [5.41, 5.74) is 9.90. The van der Waals surface area contributed by atoms with E-state index in [9.17, 15) is 68.1 Å². The lowest BCUT2D eigenvalue weighted by atomic mass is 9.95. The highest BCUT2D eigenvalue weighted by Gasteiger charge is 2.30. The van der Waals surface area contributed by atoms with Gasteiger partial charge in [-0.15, -0.1) is 0 Å². The molecular weight excluding hydrogens is 1420 g/mol. The maximum atomic E-state index is 13.2. The minimum atomic E-state index is -1.15. The number of nitrogens with one attached hydrogen (secondary N) is 3. The number of carbonyl (C=O) groups excluding carboxylic acids is 8. The van der Waals surface area contributed by atoms with Gasteiger partial charge in [0.1, 0.15) is 64.1 Å². The third-order valence-electron chi connectivity index (χ3n) is 16.9. The largest absolute Gasteiger partial charge is 1.00 e. The molecule has 5 aromatic carbocycles. The van der Waals surface area contributed by atoms with Crippen molar-refractivity contribution in [1.29, 1.82) is 0 Å². The summed E-state index contributed by atoms with van der Waals surface area (Å²) in [7, 11) is 3.77. The van der Waals surface area contributed by atoms with Crippen molar-refractivity contribution in [2.75, 3.05) is 21.3 Å². The van der Waals surface area contributed by atoms with Crippen LogP contribution < -0.4 is 45.3 Å². The number of esters is 3. The number of imidazole rings is 1. The molecule has 28 nitrogen and oxygen atoms in total. The van der Waals surface area contributed by atoms with Crippen LogP contribution in [-0.2, 0) is 68.5 Å². The molecule has 0 unspecified atom stereocenters. The van der Waals surface area contributed by atoms with E-state index in [2.05, 4.69) is 31.0 Å². The topological polar surface area (TPSA) is 416 Å². The number of hydrogen-bond donors (Lipinski definition) is 7. The van der Waals surface area contributed by atoms with E-state index >= 15 is 0 Å². The maximum Gasteiger partial charge on any atom is 0.408 e. The molecule has 0 radical (unpaired) electrons. The Labute approximate surface area is 628 Å². The number of aryl methyl sites for hydroxylation is 2. The molecule has 29 heteroatoms. The number of nitrogens with zero attached hydrogens (tertiary/aromatic N) is 2. The van der Waals surface area contributed by atoms with Gasteiger partial charge in [-0.2, -0.15) is 0 Å². The predicted octanol–water partition coefficient (Wildman–Crippen LogP) is 7.48. The number of hydrogen-bond acceptors (Lipinski definition) is 22. The number of quaternary nitrogens is 1. The lowest BCUT2D eigenvalue weighted by molar-refractivity contribution is -0.407. The van der Waals surface area contributed by atoms with Gasteiger partial charge in [-0.1, -0.05) is 43.5 Å². The molecule has 108 heavy (non-hydrogen) atoms. The van der Waals surface area contributed by atoms with Crippen LogP contribution in [0, 0.1) is 13.8 Å². The number of phenols is 2. The van der Waals surface area contributed by atoms with Crippen LogP contribution in [0.4, 0.5) is 9.59 Å². The standard InChI is InChI=1S/C31H29N3O6.C19H23NO6.C17H23NO6.C12H15NO4.ClH/c1-18-13-28(35)40-27-10-7-19(14-23(18)27)15-25(31(37)38)33-30(36)20-8-9-26-24(16-20)32-29(21-11-12-39-17-21)34(26)22-5-3-2-4-6-22;1-11-8-16(21)25-15-7-6-12(9-13(11)15)10-14(17(22)24-5)20-18(23)26-19(2,3)4;1-10(19)12-8-11(6-7-14(12)20)9-13(15(21)23-5)18-16(22)24-17(2,3)4;1-7(14)9-5-8(3-4-11(9)15)6-10(13)12(16)17-2;/h7-14,16-17,22,25H,2-6,15H2,1H3,(H,33,36)(H,37,38);6-9,14H,10H2,1-5H3,(H,20,23);6-8,13,20H,9H2,1-5H3,(H,18,22);3-5,10,15H,6,13H2,1-2H3;1H/t25-;14-;13-;10-;/m0000./s1. The number of furan rings is 1. The number of ether oxygens (including phenoxy) is 5. The van der Waals surface area contributed by atoms with Gasteiger partial charge in [-0.25, -0.2) is 43.3 Å². The highest BCUT2D eigenvalue weighted by Crippen LogP contribution is 2.37. The van der Waals surface area contributed by atoms with Crippen LogP contribution in [0.25, 0.3) is 44.4 Å². The van der Waals surface area contributed by atoms with E-state index in [1.165, 1.54) is 71.9 Å². The summed E-state index contributed by atoms with van der Waals surface area (Å²) < 4.78 is 42.3. The fraction of sp³-hybridized carbons (Fsp3) is 0.367. The molecule has 1 aliphatic rings. The minimum absolute atomic E-state index is 0. The zero-order valence-corrected chi connectivity index (χ0v) is 63.1. The molecule has 10 rings (SSSR count). The average Bonchev–Trinajstić information content (AvgIpc) is 1.60. The van der Waals surface area contributed by atoms with Gasteiger partial charge in [0, 0.05) is 60.2 Å². The predicted molar refractivity (Wildman–Crippen MR) is 393 cm³/mol. The molecule has 4 atom stereocenters. The number of ketones is 2. The Kier molecular flexibility index (Phi) is 30.0. The van der Waals surface area contributed by atoms with Gasteiger partial charge in [-0.05, 0) is 188 Å². The van der Waals surface area contributed by atoms with E-state index in [-0.39, 0.29) is 65.9 Å². The first-order valence-electron chi connectivity index (χ1n) is 34.3. The molecule has 0 bridgehead atoms. The Morgan fingerprint density at radius 1 is 0.574 bits per heavy atom. The van der Waals surface area contributed by atoms with Crippen LogP contribution in [0.1, 0.15) is 158 Å². The number of rotatable bonds is 20. The first-order valence-corrected chi connectivity index (χ1v) is 34.3. The molecule has 1 aliphatic carbocycles. The number of carboxylic acid groups (broad SMARTS) is 1. The number of alkyl carbamates (subject to hydrolysis) is 2. The summed E-state index contributed by atoms with van der Waals surface area (Å²) in [5.74, 6) is -3.16. The minimum Gasteiger partial charge on any atom is -1.00 e. The number of benzene rings is 5. The van der Waals surface area contributed by atoms with Gasteiger partial charge in [0.15, 0.2) is 17.6 Å². The molecule has 0 saturated heterocycles. The molecule has 1 saturated carbocycles. The molecule has 3 amide bonds. The third kappa shape index (κ3) is 24.2. The molecule has 0 spiro atoms. The van der Waals surface area contributed by atoms with Gasteiger partial charge >= 0.3 is 47.3 Å². The van der Waals surface area contributed by atoms with E-state index in [0.29, 0.717) is 45.8 Å². The lowest BCUT2D eigenvalue weighted by Crippen LogP contribution is -3.00. The van der Waals surface area contributed by atoms with Crippen molar-refractivity contribution in [2.24, 2.45) is 0 Å². The number of fused-ring (bicyclic) bond motifs is 3. The smallest absolute Gasteiger partial charge is 0.408 e. The first kappa shape index (κ1) is 85.3. The third-order valence-corrected chi connectivity index (χ3v) is 16.9. The van der Waals surface area contributed by atoms with Crippen molar-refractivity contribution in [2.45, 2.75) is 168 Å². The number of aromatic nitrogens is 2. The highest BCUT2D eigenvalue weighted by atomic mass is 35.5. The van der Waals surface area contributed by atoms with Crippen LogP contribution in [0.5, 0.6) is 11.5 Å². The number of aromatic hydroxyl groups is 2. The van der Waals surface area contributed by atoms with Crippen molar-refractivity contribution in [3.63, 3.8) is 0 Å². The second-order valence-electron chi connectivity index (χ2n) is 27.6. The molecule has 1 fully saturated rings. The number of carbonyl (C=O) groups is 9. The Bertz CT molecular complexity index is 4870. The van der Waals surface area contributed by atoms with E-state index in [1.807, 2.05) is 18.2 Å². The molecule has 4 heterocycles. The van der Waals surface area contributed by atoms with Crippen LogP contribution in [0.15, 0.2) is 145 Å². The summed E-state index contributed by atoms with van der Waals surface area (Å²) in [6.07, 6.45) is 8.28. The molecule has 0 aliphatic heterocycles. The van der Waals surface area contributed by atoms with Crippen LogP contribution in [0.3, 0.4) is 0 Å². The molecule has 9 aromatic rings. The van der Waals surface area contributed by atoms with E-state index in [0.717, 1.165) is 75.6 Å². The summed E-state index contributed by atoms with van der Waals surface area (Å²) in [6, 6.07) is 26.2. The fourth-order valence-electron chi connectivity index (χ4n) is 11.8. The SMILES string of the molecule is COC(=O)[C@@H]([NH3+])Cc1ccc(O)c(C(C)=O)c1.COC(=O)[C@H](Cc1ccc(O)c(C(C)=O)c1)NC(=O)OC(C)(C)C.COC(=O)[C@H](Cc1ccc2oc(=O)cc(C)c2c1)NC(=O)OC(C)(C)C.Cc1cc(=O)oc2ccc(C[C@H](NC(=O)c3ccc4c(c3)nc(-c3ccoc3)n4C3CCCCC3)C(=O)O)cc12.[Cl-]. The number of methoxy groups -OCH3 is 3. The van der Waals surface area contributed by atoms with Crippen molar-refractivity contribution >= 4 is 86.5 Å². The summed E-state index contributed by atoms with van der Waals surface area (Å²) >= 11 is 0. The zero-order valence-electron chi connectivity index (χ0n) is 62.4.